The van der Waals surface area contributed by atoms with E-state index in [-0.39, 0.29) is 12.2 Å². The molecule has 0 unspecified atom stereocenters. The predicted octanol–water partition coefficient (Wildman–Crippen LogP) is 2.76. The van der Waals surface area contributed by atoms with Gasteiger partial charge in [0.25, 0.3) is 0 Å². The third-order valence-electron chi connectivity index (χ3n) is 3.14. The van der Waals surface area contributed by atoms with E-state index in [9.17, 15) is 4.79 Å². The molecular weight excluding hydrogens is 322 g/mol. The molecule has 0 atom stereocenters. The molecule has 4 nitrogen and oxygen atoms in total. The Morgan fingerprint density at radius 3 is 2.80 bits per heavy atom. The highest BCUT2D eigenvalue weighted by Crippen LogP contribution is 2.22. The lowest BCUT2D eigenvalue weighted by Crippen LogP contribution is -2.27. The maximum atomic E-state index is 11.7. The van der Waals surface area contributed by atoms with Crippen molar-refractivity contribution in [1.82, 2.24) is 4.90 Å². The van der Waals surface area contributed by atoms with E-state index in [1.54, 1.807) is 6.07 Å². The first-order valence-electron chi connectivity index (χ1n) is 6.69. The van der Waals surface area contributed by atoms with Crippen molar-refractivity contribution in [3.05, 3.63) is 44.7 Å². The van der Waals surface area contributed by atoms with Gasteiger partial charge in [-0.1, -0.05) is 22.9 Å². The number of benzene rings is 1. The summed E-state index contributed by atoms with van der Waals surface area (Å²) in [5, 5.41) is 10.1. The molecule has 0 saturated carbocycles. The molecule has 0 radical (unpaired) electrons. The van der Waals surface area contributed by atoms with Crippen LogP contribution in [0.4, 0.5) is 0 Å². The third kappa shape index (κ3) is 3.69. The molecule has 1 N–H and O–H groups in total. The standard InChI is InChI=1S/C15H18BrNO3/c1-2-5-17(6-7-18)10-11-8-15(19)20-14-9-12(16)3-4-13(11)14/h3-4,8-9,18H,2,5-7,10H2,1H3. The van der Waals surface area contributed by atoms with E-state index in [0.717, 1.165) is 28.4 Å². The zero-order valence-corrected chi connectivity index (χ0v) is 13.0. The Bertz CT molecular complexity index is 633. The fraction of sp³-hybridized carbons (Fsp3) is 0.400. The highest BCUT2D eigenvalue weighted by Gasteiger charge is 2.10. The van der Waals surface area contributed by atoms with Crippen molar-refractivity contribution in [3.8, 4) is 0 Å². The second-order valence-electron chi connectivity index (χ2n) is 4.73. The minimum absolute atomic E-state index is 0.116. The van der Waals surface area contributed by atoms with E-state index in [2.05, 4.69) is 27.8 Å². The maximum Gasteiger partial charge on any atom is 0.336 e. The van der Waals surface area contributed by atoms with Gasteiger partial charge < -0.3 is 9.52 Å². The summed E-state index contributed by atoms with van der Waals surface area (Å²) in [6.07, 6.45) is 1.00. The number of aliphatic hydroxyl groups is 1. The van der Waals surface area contributed by atoms with Gasteiger partial charge in [-0.3, -0.25) is 4.90 Å². The van der Waals surface area contributed by atoms with Crippen LogP contribution in [-0.2, 0) is 6.54 Å². The summed E-state index contributed by atoms with van der Waals surface area (Å²) in [6.45, 7) is 4.34. The molecule has 0 aliphatic heterocycles. The SMILES string of the molecule is CCCN(CCO)Cc1cc(=O)oc2cc(Br)ccc12. The predicted molar refractivity (Wildman–Crippen MR) is 82.8 cm³/mol. The number of rotatable bonds is 6. The Hall–Kier alpha value is -1.17. The minimum atomic E-state index is -0.342. The monoisotopic (exact) mass is 339 g/mol. The summed E-state index contributed by atoms with van der Waals surface area (Å²) in [4.78, 5) is 13.8. The molecule has 1 aromatic carbocycles. The van der Waals surface area contributed by atoms with Crippen molar-refractivity contribution in [2.24, 2.45) is 0 Å². The Balaban J connectivity index is 2.39. The highest BCUT2D eigenvalue weighted by molar-refractivity contribution is 9.10. The summed E-state index contributed by atoms with van der Waals surface area (Å²) in [5.74, 6) is 0. The molecule has 0 fully saturated rings. The van der Waals surface area contributed by atoms with Crippen LogP contribution in [-0.4, -0.2) is 29.7 Å². The van der Waals surface area contributed by atoms with Crippen molar-refractivity contribution < 1.29 is 9.52 Å². The van der Waals surface area contributed by atoms with Crippen molar-refractivity contribution >= 4 is 26.9 Å². The molecule has 0 spiro atoms. The highest BCUT2D eigenvalue weighted by atomic mass is 79.9. The van der Waals surface area contributed by atoms with Crippen LogP contribution in [0.5, 0.6) is 0 Å². The average Bonchev–Trinajstić information content (AvgIpc) is 2.38. The van der Waals surface area contributed by atoms with Crippen LogP contribution in [0.15, 0.2) is 37.9 Å². The second kappa shape index (κ2) is 7.02. The van der Waals surface area contributed by atoms with Gasteiger partial charge in [-0.15, -0.1) is 0 Å². The first kappa shape index (κ1) is 15.2. The van der Waals surface area contributed by atoms with E-state index >= 15 is 0 Å². The fourth-order valence-electron chi connectivity index (χ4n) is 2.30. The molecule has 1 heterocycles. The topological polar surface area (TPSA) is 53.7 Å². The molecule has 0 aliphatic carbocycles. The summed E-state index contributed by atoms with van der Waals surface area (Å²) in [5.41, 5.74) is 1.18. The Labute approximate surface area is 126 Å². The fourth-order valence-corrected chi connectivity index (χ4v) is 2.64. The summed E-state index contributed by atoms with van der Waals surface area (Å²) < 4.78 is 6.11. The van der Waals surface area contributed by atoms with Gasteiger partial charge >= 0.3 is 5.63 Å². The summed E-state index contributed by atoms with van der Waals surface area (Å²) >= 11 is 3.38. The normalized spacial score (nSPS) is 11.4. The number of aliphatic hydroxyl groups excluding tert-OH is 1. The zero-order chi connectivity index (χ0) is 14.5. The number of nitrogens with zero attached hydrogens (tertiary/aromatic N) is 1. The van der Waals surface area contributed by atoms with Gasteiger partial charge in [-0.2, -0.15) is 0 Å². The molecule has 1 aromatic heterocycles. The molecule has 0 aliphatic rings. The second-order valence-corrected chi connectivity index (χ2v) is 5.65. The lowest BCUT2D eigenvalue weighted by Gasteiger charge is -2.21. The lowest BCUT2D eigenvalue weighted by molar-refractivity contribution is 0.190. The molecule has 0 amide bonds. The van der Waals surface area contributed by atoms with Crippen LogP contribution in [0.3, 0.4) is 0 Å². The Morgan fingerprint density at radius 2 is 2.10 bits per heavy atom. The quantitative estimate of drug-likeness (QED) is 0.822. The summed E-state index contributed by atoms with van der Waals surface area (Å²) in [6, 6.07) is 7.22. The molecule has 0 bridgehead atoms. The summed E-state index contributed by atoms with van der Waals surface area (Å²) in [7, 11) is 0. The van der Waals surface area contributed by atoms with Crippen LogP contribution in [0.25, 0.3) is 11.0 Å². The van der Waals surface area contributed by atoms with E-state index < -0.39 is 0 Å². The van der Waals surface area contributed by atoms with Crippen molar-refractivity contribution in [2.45, 2.75) is 19.9 Å². The van der Waals surface area contributed by atoms with Crippen LogP contribution < -0.4 is 5.63 Å². The molecule has 2 aromatic rings. The Kier molecular flexibility index (Phi) is 5.34. The minimum Gasteiger partial charge on any atom is -0.423 e. The van der Waals surface area contributed by atoms with Crippen LogP contribution >= 0.6 is 15.9 Å². The molecule has 2 rings (SSSR count). The first-order chi connectivity index (χ1) is 9.63. The van der Waals surface area contributed by atoms with Gasteiger partial charge in [0, 0.05) is 29.0 Å². The number of fused-ring (bicyclic) bond motifs is 1. The first-order valence-corrected chi connectivity index (χ1v) is 7.49. The van der Waals surface area contributed by atoms with Gasteiger partial charge in [0.15, 0.2) is 0 Å². The van der Waals surface area contributed by atoms with Crippen molar-refractivity contribution in [3.63, 3.8) is 0 Å². The van der Waals surface area contributed by atoms with Gasteiger partial charge in [-0.05, 0) is 36.7 Å². The zero-order valence-electron chi connectivity index (χ0n) is 11.4. The van der Waals surface area contributed by atoms with E-state index in [4.69, 9.17) is 9.52 Å². The molecule has 0 saturated heterocycles. The van der Waals surface area contributed by atoms with E-state index in [1.165, 1.54) is 6.07 Å². The van der Waals surface area contributed by atoms with Gasteiger partial charge in [-0.25, -0.2) is 4.79 Å². The number of halogens is 1. The van der Waals surface area contributed by atoms with E-state index in [1.807, 2.05) is 12.1 Å². The van der Waals surface area contributed by atoms with Gasteiger partial charge in [0.2, 0.25) is 0 Å². The maximum absolute atomic E-state index is 11.7. The van der Waals surface area contributed by atoms with E-state index in [0.29, 0.717) is 18.7 Å². The third-order valence-corrected chi connectivity index (χ3v) is 3.64. The van der Waals surface area contributed by atoms with Crippen molar-refractivity contribution in [1.29, 1.82) is 0 Å². The molecule has 20 heavy (non-hydrogen) atoms. The van der Waals surface area contributed by atoms with Gasteiger partial charge in [0.1, 0.15) is 5.58 Å². The van der Waals surface area contributed by atoms with Crippen LogP contribution in [0, 0.1) is 0 Å². The number of hydrogen-bond acceptors (Lipinski definition) is 4. The Morgan fingerprint density at radius 1 is 1.30 bits per heavy atom. The average molecular weight is 340 g/mol. The molecule has 108 valence electrons. The van der Waals surface area contributed by atoms with Crippen molar-refractivity contribution in [2.75, 3.05) is 19.7 Å². The molecular formula is C15H18BrNO3. The lowest BCUT2D eigenvalue weighted by atomic mass is 10.1. The van der Waals surface area contributed by atoms with Gasteiger partial charge in [0.05, 0.1) is 6.61 Å². The molecule has 5 heteroatoms. The largest absolute Gasteiger partial charge is 0.423 e. The smallest absolute Gasteiger partial charge is 0.336 e. The van der Waals surface area contributed by atoms with Crippen LogP contribution in [0.2, 0.25) is 0 Å². The number of hydrogen-bond donors (Lipinski definition) is 1. The van der Waals surface area contributed by atoms with Crippen LogP contribution in [0.1, 0.15) is 18.9 Å².